The largest absolute Gasteiger partial charge is 0.493 e. The summed E-state index contributed by atoms with van der Waals surface area (Å²) in [7, 11) is 0. The zero-order valence-corrected chi connectivity index (χ0v) is 19.4. The van der Waals surface area contributed by atoms with Crippen molar-refractivity contribution in [1.29, 1.82) is 0 Å². The minimum absolute atomic E-state index is 0.220. The van der Waals surface area contributed by atoms with Crippen LogP contribution in [0.25, 0.3) is 5.57 Å². The molecule has 1 aliphatic rings. The molecule has 0 aromatic heterocycles. The molecular formula is C28H38O2. The van der Waals surface area contributed by atoms with Gasteiger partial charge >= 0.3 is 0 Å². The lowest BCUT2D eigenvalue weighted by atomic mass is 9.62. The number of aliphatic hydroxyl groups is 1. The highest BCUT2D eigenvalue weighted by Crippen LogP contribution is 2.51. The standard InChI is InChI=1S/C28H38O2/c1-21-13-14-23(17-25(21)30-16-10-9-15-29)26(22-11-7-6-8-12-22)24-18-27(2,3)20-28(4,5)19-24/h6-8,11-14,17,29H,9-10,15-16,18-20H2,1-5H3. The highest BCUT2D eigenvalue weighted by atomic mass is 16.5. The minimum Gasteiger partial charge on any atom is -0.493 e. The van der Waals surface area contributed by atoms with Crippen molar-refractivity contribution in [2.24, 2.45) is 10.8 Å². The van der Waals surface area contributed by atoms with E-state index in [1.807, 2.05) is 0 Å². The van der Waals surface area contributed by atoms with E-state index in [-0.39, 0.29) is 6.61 Å². The van der Waals surface area contributed by atoms with Gasteiger partial charge in [-0.15, -0.1) is 0 Å². The lowest BCUT2D eigenvalue weighted by Gasteiger charge is -2.43. The average Bonchev–Trinajstić information content (AvgIpc) is 2.66. The molecule has 0 unspecified atom stereocenters. The van der Waals surface area contributed by atoms with Gasteiger partial charge in [0, 0.05) is 6.61 Å². The Morgan fingerprint density at radius 3 is 2.20 bits per heavy atom. The van der Waals surface area contributed by atoms with Crippen molar-refractivity contribution >= 4 is 5.57 Å². The Balaban J connectivity index is 2.06. The molecule has 1 aliphatic carbocycles. The number of hydrogen-bond donors (Lipinski definition) is 1. The molecule has 0 bridgehead atoms. The van der Waals surface area contributed by atoms with Crippen molar-refractivity contribution in [2.75, 3.05) is 13.2 Å². The molecule has 0 radical (unpaired) electrons. The van der Waals surface area contributed by atoms with Crippen LogP contribution in [-0.2, 0) is 0 Å². The quantitative estimate of drug-likeness (QED) is 0.493. The topological polar surface area (TPSA) is 29.5 Å². The van der Waals surface area contributed by atoms with Crippen LogP contribution in [-0.4, -0.2) is 18.3 Å². The fourth-order valence-corrected chi connectivity index (χ4v) is 5.30. The van der Waals surface area contributed by atoms with Crippen molar-refractivity contribution in [1.82, 2.24) is 0 Å². The third-order valence-corrected chi connectivity index (χ3v) is 6.04. The molecule has 2 heteroatoms. The number of aliphatic hydroxyl groups excluding tert-OH is 1. The molecule has 3 rings (SSSR count). The number of unbranched alkanes of at least 4 members (excludes halogenated alkanes) is 1. The monoisotopic (exact) mass is 406 g/mol. The molecule has 30 heavy (non-hydrogen) atoms. The lowest BCUT2D eigenvalue weighted by Crippen LogP contribution is -2.30. The van der Waals surface area contributed by atoms with Crippen molar-refractivity contribution in [3.05, 3.63) is 70.8 Å². The second kappa shape index (κ2) is 9.39. The number of allylic oxidation sites excluding steroid dienone is 1. The van der Waals surface area contributed by atoms with Crippen LogP contribution in [0.2, 0.25) is 0 Å². The summed E-state index contributed by atoms with van der Waals surface area (Å²) in [5.41, 5.74) is 7.21. The molecule has 1 saturated carbocycles. The SMILES string of the molecule is Cc1ccc(C(=C2CC(C)(C)CC(C)(C)C2)c2ccccc2)cc1OCCCCO. The molecule has 0 amide bonds. The van der Waals surface area contributed by atoms with E-state index in [1.165, 1.54) is 23.1 Å². The number of benzene rings is 2. The van der Waals surface area contributed by atoms with Crippen LogP contribution >= 0.6 is 0 Å². The van der Waals surface area contributed by atoms with Crippen molar-refractivity contribution in [2.45, 2.75) is 66.7 Å². The molecule has 0 atom stereocenters. The smallest absolute Gasteiger partial charge is 0.122 e. The molecule has 2 nitrogen and oxygen atoms in total. The molecule has 2 aromatic rings. The van der Waals surface area contributed by atoms with E-state index in [0.29, 0.717) is 17.4 Å². The summed E-state index contributed by atoms with van der Waals surface area (Å²) < 4.78 is 6.10. The van der Waals surface area contributed by atoms with Gasteiger partial charge in [0.25, 0.3) is 0 Å². The zero-order valence-electron chi connectivity index (χ0n) is 19.4. The van der Waals surface area contributed by atoms with Crippen LogP contribution in [0.15, 0.2) is 54.1 Å². The maximum atomic E-state index is 9.03. The third kappa shape index (κ3) is 5.76. The Hall–Kier alpha value is -2.06. The predicted octanol–water partition coefficient (Wildman–Crippen LogP) is 7.18. The van der Waals surface area contributed by atoms with E-state index in [9.17, 15) is 0 Å². The Kier molecular flexibility index (Phi) is 7.08. The van der Waals surface area contributed by atoms with Crippen molar-refractivity contribution in [3.63, 3.8) is 0 Å². The second-order valence-electron chi connectivity index (χ2n) is 10.5. The number of aryl methyl sites for hydroxylation is 1. The number of ether oxygens (including phenoxy) is 1. The summed E-state index contributed by atoms with van der Waals surface area (Å²) in [6, 6.07) is 17.5. The van der Waals surface area contributed by atoms with Gasteiger partial charge in [-0.05, 0) is 78.2 Å². The fraction of sp³-hybridized carbons (Fsp3) is 0.500. The normalized spacial score (nSPS) is 17.6. The number of hydrogen-bond acceptors (Lipinski definition) is 2. The summed E-state index contributed by atoms with van der Waals surface area (Å²) in [5.74, 6) is 0.953. The van der Waals surface area contributed by atoms with Crippen LogP contribution in [0, 0.1) is 17.8 Å². The highest BCUT2D eigenvalue weighted by molar-refractivity contribution is 5.83. The van der Waals surface area contributed by atoms with Gasteiger partial charge < -0.3 is 9.84 Å². The molecule has 1 fully saturated rings. The van der Waals surface area contributed by atoms with E-state index in [1.54, 1.807) is 5.57 Å². The first-order valence-electron chi connectivity index (χ1n) is 11.3. The van der Waals surface area contributed by atoms with Crippen LogP contribution in [0.4, 0.5) is 0 Å². The lowest BCUT2D eigenvalue weighted by molar-refractivity contribution is 0.154. The Labute approximate surface area is 183 Å². The van der Waals surface area contributed by atoms with Gasteiger partial charge in [-0.25, -0.2) is 0 Å². The van der Waals surface area contributed by atoms with Gasteiger partial charge in [-0.3, -0.25) is 0 Å². The van der Waals surface area contributed by atoms with E-state index in [0.717, 1.165) is 37.0 Å². The molecular weight excluding hydrogens is 368 g/mol. The molecule has 0 spiro atoms. The summed E-state index contributed by atoms with van der Waals surface area (Å²) in [6.45, 7) is 12.6. The van der Waals surface area contributed by atoms with Gasteiger partial charge in [0.2, 0.25) is 0 Å². The van der Waals surface area contributed by atoms with E-state index in [2.05, 4.69) is 83.1 Å². The van der Waals surface area contributed by atoms with Gasteiger partial charge in [0.1, 0.15) is 5.75 Å². The van der Waals surface area contributed by atoms with Gasteiger partial charge in [0.05, 0.1) is 6.61 Å². The first-order valence-corrected chi connectivity index (χ1v) is 11.3. The first-order chi connectivity index (χ1) is 14.2. The van der Waals surface area contributed by atoms with Gasteiger partial charge in [0.15, 0.2) is 0 Å². The van der Waals surface area contributed by atoms with Crippen molar-refractivity contribution < 1.29 is 9.84 Å². The van der Waals surface area contributed by atoms with Crippen LogP contribution < -0.4 is 4.74 Å². The minimum atomic E-state index is 0.220. The van der Waals surface area contributed by atoms with E-state index < -0.39 is 0 Å². The molecule has 2 aromatic carbocycles. The van der Waals surface area contributed by atoms with E-state index >= 15 is 0 Å². The summed E-state index contributed by atoms with van der Waals surface area (Å²) in [5, 5.41) is 9.03. The highest BCUT2D eigenvalue weighted by Gasteiger charge is 2.37. The van der Waals surface area contributed by atoms with E-state index in [4.69, 9.17) is 9.84 Å². The summed E-state index contributed by atoms with van der Waals surface area (Å²) in [4.78, 5) is 0. The maximum absolute atomic E-state index is 9.03. The van der Waals surface area contributed by atoms with Crippen LogP contribution in [0.3, 0.4) is 0 Å². The van der Waals surface area contributed by atoms with Gasteiger partial charge in [-0.1, -0.05) is 75.7 Å². The van der Waals surface area contributed by atoms with Crippen LogP contribution in [0.5, 0.6) is 5.75 Å². The fourth-order valence-electron chi connectivity index (χ4n) is 5.30. The van der Waals surface area contributed by atoms with Crippen molar-refractivity contribution in [3.8, 4) is 5.75 Å². The Morgan fingerprint density at radius 1 is 0.900 bits per heavy atom. The van der Waals surface area contributed by atoms with Crippen LogP contribution in [0.1, 0.15) is 76.5 Å². The number of rotatable bonds is 7. The molecule has 0 aliphatic heterocycles. The Bertz CT molecular complexity index is 857. The first kappa shape index (κ1) is 22.6. The third-order valence-electron chi connectivity index (χ3n) is 6.04. The molecule has 0 saturated heterocycles. The van der Waals surface area contributed by atoms with Gasteiger partial charge in [-0.2, -0.15) is 0 Å². The average molecular weight is 407 g/mol. The maximum Gasteiger partial charge on any atom is 0.122 e. The molecule has 0 heterocycles. The predicted molar refractivity (Wildman–Crippen MR) is 127 cm³/mol. The molecule has 162 valence electrons. The summed E-state index contributed by atoms with van der Waals surface area (Å²) in [6.07, 6.45) is 5.15. The summed E-state index contributed by atoms with van der Waals surface area (Å²) >= 11 is 0. The second-order valence-corrected chi connectivity index (χ2v) is 10.5. The Morgan fingerprint density at radius 2 is 1.57 bits per heavy atom. The molecule has 1 N–H and O–H groups in total. The zero-order chi connectivity index (χ0) is 21.8.